The van der Waals surface area contributed by atoms with Crippen LogP contribution in [-0.2, 0) is 0 Å². The molecule has 1 radical (unpaired) electrons. The van der Waals surface area contributed by atoms with E-state index in [1.807, 2.05) is 0 Å². The van der Waals surface area contributed by atoms with E-state index in [-0.39, 0.29) is 66.6 Å². The van der Waals surface area contributed by atoms with Gasteiger partial charge < -0.3 is 15.4 Å². The van der Waals surface area contributed by atoms with Crippen LogP contribution in [0.4, 0.5) is 14.5 Å². The molecule has 5 nitrogen and oxygen atoms in total. The van der Waals surface area contributed by atoms with Crippen LogP contribution in [0.2, 0.25) is 0 Å². The summed E-state index contributed by atoms with van der Waals surface area (Å²) in [5.74, 6) is -4.05. The van der Waals surface area contributed by atoms with Crippen LogP contribution in [-0.4, -0.2) is 15.6 Å². The zero-order valence-corrected chi connectivity index (χ0v) is 16.4. The Kier molecular flexibility index (Phi) is 4.65. The van der Waals surface area contributed by atoms with Crippen molar-refractivity contribution in [3.63, 3.8) is 0 Å². The number of aryl methyl sites for hydroxylation is 1. The number of nitrogens with one attached hydrogen (secondary N) is 1. The van der Waals surface area contributed by atoms with Crippen molar-refractivity contribution in [3.05, 3.63) is 44.9 Å². The van der Waals surface area contributed by atoms with Gasteiger partial charge in [-0.05, 0) is 19.8 Å². The number of carbonyl (C=O) groups is 1. The van der Waals surface area contributed by atoms with Gasteiger partial charge in [0.2, 0.25) is 5.43 Å². The average Bonchev–Trinajstić information content (AvgIpc) is 3.26. The number of pyridine rings is 1. The van der Waals surface area contributed by atoms with Gasteiger partial charge in [-0.15, -0.1) is 0 Å². The Labute approximate surface area is 159 Å². The summed E-state index contributed by atoms with van der Waals surface area (Å²) in [6, 6.07) is -0.0471. The number of fused-ring (bicyclic) bond motifs is 1. The van der Waals surface area contributed by atoms with Crippen LogP contribution in [0.15, 0.2) is 11.0 Å². The summed E-state index contributed by atoms with van der Waals surface area (Å²) in [5.41, 5.74) is 5.28. The topological polar surface area (TPSA) is 83.1 Å². The predicted octanol–water partition coefficient (Wildman–Crippen LogP) is 3.30. The molecule has 1 saturated carbocycles. The third-order valence-corrected chi connectivity index (χ3v) is 3.75. The van der Waals surface area contributed by atoms with E-state index in [0.717, 1.165) is 19.0 Å². The number of carboxylic acids is 1. The van der Waals surface area contributed by atoms with E-state index in [1.54, 1.807) is 0 Å². The maximum atomic E-state index is 13.8. The van der Waals surface area contributed by atoms with Crippen molar-refractivity contribution < 1.29 is 62.7 Å². The van der Waals surface area contributed by atoms with E-state index in [4.69, 9.17) is 10.8 Å². The molecule has 1 aliphatic carbocycles. The second kappa shape index (κ2) is 5.89. The van der Waals surface area contributed by atoms with Crippen LogP contribution in [0, 0.1) is 62.6 Å². The maximum Gasteiger partial charge on any atom is 0.341 e. The van der Waals surface area contributed by atoms with Crippen molar-refractivity contribution in [2.75, 3.05) is 0 Å². The Morgan fingerprint density at radius 2 is 1.95 bits per heavy atom. The molecule has 1 aliphatic rings. The van der Waals surface area contributed by atoms with Crippen LogP contribution in [0.1, 0.15) is 34.8 Å². The Morgan fingerprint density at radius 1 is 1.36 bits per heavy atom. The molecule has 0 aliphatic heterocycles. The molecule has 0 unspecified atom stereocenters. The fraction of sp³-hybridized carbons (Fsp3) is 0.286. The fourth-order valence-corrected chi connectivity index (χ4v) is 2.53. The summed E-state index contributed by atoms with van der Waals surface area (Å²) in [7, 11) is 0. The van der Waals surface area contributed by atoms with Crippen LogP contribution >= 0.6 is 0 Å². The third-order valence-electron chi connectivity index (χ3n) is 3.75. The predicted molar refractivity (Wildman–Crippen MR) is 72.1 cm³/mol. The number of benzene rings is 1. The molecular formula is C14H11AcF2N2O3-. The van der Waals surface area contributed by atoms with Crippen LogP contribution in [0.25, 0.3) is 16.6 Å². The van der Waals surface area contributed by atoms with Gasteiger partial charge in [0.1, 0.15) is 11.4 Å². The standard InChI is InChI=1S/C14H12F2N2O3.Ac/c1-5-9(15)10(16)11(17)8-12(5)18(6-2-3-6)4-7(13(8)19)14(20)21;/h4,6H,2-3H2,1H3,(H3,17,19,20,21);/p-1. The largest absolute Gasteiger partial charge is 0.696 e. The maximum absolute atomic E-state index is 13.8. The molecule has 1 aromatic carbocycles. The molecule has 1 aromatic heterocycles. The van der Waals surface area contributed by atoms with Crippen LogP contribution < -0.4 is 5.43 Å². The molecule has 0 atom stereocenters. The van der Waals surface area contributed by atoms with Gasteiger partial charge in [0, 0.05) is 67.3 Å². The Hall–Kier alpha value is -0.998. The van der Waals surface area contributed by atoms with Gasteiger partial charge in [-0.3, -0.25) is 4.79 Å². The van der Waals surface area contributed by atoms with E-state index in [2.05, 4.69) is 0 Å². The molecule has 113 valence electrons. The van der Waals surface area contributed by atoms with Crippen molar-refractivity contribution in [3.8, 4) is 0 Å². The number of hydrogen-bond acceptors (Lipinski definition) is 2. The van der Waals surface area contributed by atoms with E-state index in [1.165, 1.54) is 11.5 Å². The second-order valence-electron chi connectivity index (χ2n) is 5.17. The molecule has 1 fully saturated rings. The van der Waals surface area contributed by atoms with Crippen LogP contribution in [0.3, 0.4) is 0 Å². The zero-order chi connectivity index (χ0) is 15.5. The molecule has 3 rings (SSSR count). The summed E-state index contributed by atoms with van der Waals surface area (Å²) < 4.78 is 29.1. The molecule has 0 spiro atoms. The summed E-state index contributed by atoms with van der Waals surface area (Å²) in [6.07, 6.45) is 2.69. The van der Waals surface area contributed by atoms with Crippen molar-refractivity contribution in [2.24, 2.45) is 0 Å². The van der Waals surface area contributed by atoms with Crippen molar-refractivity contribution in [2.45, 2.75) is 25.8 Å². The van der Waals surface area contributed by atoms with Crippen molar-refractivity contribution in [1.82, 2.24) is 4.57 Å². The number of aromatic nitrogens is 1. The second-order valence-corrected chi connectivity index (χ2v) is 5.17. The normalized spacial score (nSPS) is 14.0. The molecule has 0 bridgehead atoms. The molecule has 1 heterocycles. The van der Waals surface area contributed by atoms with Gasteiger partial charge in [0.05, 0.1) is 5.52 Å². The van der Waals surface area contributed by atoms with Gasteiger partial charge >= 0.3 is 5.97 Å². The number of hydrogen-bond donors (Lipinski definition) is 1. The molecular weight excluding hydrogens is 509 g/mol. The van der Waals surface area contributed by atoms with Crippen molar-refractivity contribution >= 4 is 22.6 Å². The summed E-state index contributed by atoms with van der Waals surface area (Å²) in [4.78, 5) is 23.4. The Morgan fingerprint density at radius 3 is 2.45 bits per heavy atom. The molecule has 0 amide bonds. The van der Waals surface area contributed by atoms with E-state index in [9.17, 15) is 18.4 Å². The van der Waals surface area contributed by atoms with Gasteiger partial charge in [-0.1, -0.05) is 5.69 Å². The molecule has 2 N–H and O–H groups in total. The number of nitrogens with zero attached hydrogens (tertiary/aromatic N) is 1. The number of halogens is 2. The SMILES string of the molecule is Cc1c(F)c(F)c([NH-])c2c(=O)c(C(=O)O)cn(C3CC3)c12.[Ac]. The number of rotatable bonds is 2. The van der Waals surface area contributed by atoms with E-state index in [0.29, 0.717) is 0 Å². The molecule has 22 heavy (non-hydrogen) atoms. The summed E-state index contributed by atoms with van der Waals surface area (Å²) in [5, 5.41) is 8.72. The molecule has 2 aromatic rings. The first-order valence-electron chi connectivity index (χ1n) is 6.35. The fourth-order valence-electron chi connectivity index (χ4n) is 2.53. The summed E-state index contributed by atoms with van der Waals surface area (Å²) >= 11 is 0. The van der Waals surface area contributed by atoms with Crippen LogP contribution in [0.5, 0.6) is 0 Å². The van der Waals surface area contributed by atoms with Gasteiger partial charge in [0.15, 0.2) is 5.82 Å². The van der Waals surface area contributed by atoms with Crippen molar-refractivity contribution in [1.29, 1.82) is 0 Å². The Balaban J connectivity index is 0.00000176. The minimum absolute atomic E-state index is 0. The third kappa shape index (κ3) is 2.46. The first-order chi connectivity index (χ1) is 9.84. The zero-order valence-electron chi connectivity index (χ0n) is 11.6. The first kappa shape index (κ1) is 17.4. The monoisotopic (exact) mass is 520 g/mol. The quantitative estimate of drug-likeness (QED) is 0.660. The molecule has 0 saturated heterocycles. The Bertz CT molecular complexity index is 860. The smallest absolute Gasteiger partial charge is 0.341 e. The van der Waals surface area contributed by atoms with E-state index >= 15 is 0 Å². The van der Waals surface area contributed by atoms with Gasteiger partial charge in [-0.25, -0.2) is 13.6 Å². The van der Waals surface area contributed by atoms with Gasteiger partial charge in [0.25, 0.3) is 0 Å². The summed E-state index contributed by atoms with van der Waals surface area (Å²) in [6.45, 7) is 1.32. The van der Waals surface area contributed by atoms with Gasteiger partial charge in [-0.2, -0.15) is 0 Å². The molecule has 8 heteroatoms. The first-order valence-corrected chi connectivity index (χ1v) is 6.35. The number of aromatic carboxylic acids is 1. The number of carboxylic acid groups (broad SMARTS) is 1. The minimum atomic E-state index is -1.45. The van der Waals surface area contributed by atoms with E-state index < -0.39 is 34.3 Å². The minimum Gasteiger partial charge on any atom is -0.696 e. The average molecular weight is 520 g/mol.